The Morgan fingerprint density at radius 3 is 3.00 bits per heavy atom. The predicted octanol–water partition coefficient (Wildman–Crippen LogP) is 2.69. The fourth-order valence-electron chi connectivity index (χ4n) is 2.34. The summed E-state index contributed by atoms with van der Waals surface area (Å²) in [6.07, 6.45) is 4.31. The van der Waals surface area contributed by atoms with Crippen molar-refractivity contribution in [3.05, 3.63) is 47.5 Å². The van der Waals surface area contributed by atoms with Gasteiger partial charge in [-0.2, -0.15) is 0 Å². The van der Waals surface area contributed by atoms with E-state index in [1.807, 2.05) is 6.08 Å². The van der Waals surface area contributed by atoms with E-state index in [0.29, 0.717) is 0 Å². The number of rotatable bonds is 6. The molecule has 92 valence electrons. The van der Waals surface area contributed by atoms with Crippen molar-refractivity contribution < 1.29 is 0 Å². The molecular formula is C15H22N2. The third kappa shape index (κ3) is 3.42. The maximum Gasteiger partial charge on any atom is 0.0230 e. The second-order valence-electron chi connectivity index (χ2n) is 4.88. The van der Waals surface area contributed by atoms with E-state index in [-0.39, 0.29) is 0 Å². The van der Waals surface area contributed by atoms with Crippen LogP contribution in [-0.4, -0.2) is 18.5 Å². The van der Waals surface area contributed by atoms with Gasteiger partial charge in [-0.25, -0.2) is 0 Å². The van der Waals surface area contributed by atoms with Crippen LogP contribution in [0.15, 0.2) is 30.9 Å². The van der Waals surface area contributed by atoms with Crippen LogP contribution in [0.2, 0.25) is 0 Å². The van der Waals surface area contributed by atoms with Crippen LogP contribution in [-0.2, 0) is 19.6 Å². The number of unbranched alkanes of at least 4 members (excludes halogenated alkanes) is 1. The van der Waals surface area contributed by atoms with Crippen molar-refractivity contribution >= 4 is 0 Å². The van der Waals surface area contributed by atoms with Gasteiger partial charge in [0.2, 0.25) is 0 Å². The highest BCUT2D eigenvalue weighted by atomic mass is 15.1. The second kappa shape index (κ2) is 5.99. The summed E-state index contributed by atoms with van der Waals surface area (Å²) in [5, 5.41) is 3.39. The fraction of sp³-hybridized carbons (Fsp3) is 0.467. The Morgan fingerprint density at radius 1 is 1.35 bits per heavy atom. The molecule has 0 aliphatic carbocycles. The Bertz CT molecular complexity index is 385. The Hall–Kier alpha value is -1.12. The van der Waals surface area contributed by atoms with Crippen molar-refractivity contribution in [1.82, 2.24) is 10.2 Å². The molecule has 2 rings (SSSR count). The Labute approximate surface area is 104 Å². The van der Waals surface area contributed by atoms with Crippen LogP contribution in [0.4, 0.5) is 0 Å². The first-order valence-corrected chi connectivity index (χ1v) is 6.40. The Morgan fingerprint density at radius 2 is 2.18 bits per heavy atom. The number of hydrogen-bond donors (Lipinski definition) is 1. The molecule has 0 saturated carbocycles. The number of nitrogens with zero attached hydrogens (tertiary/aromatic N) is 1. The molecule has 2 nitrogen and oxygen atoms in total. The van der Waals surface area contributed by atoms with Gasteiger partial charge in [0.15, 0.2) is 0 Å². The summed E-state index contributed by atoms with van der Waals surface area (Å²) in [5.41, 5.74) is 4.36. The van der Waals surface area contributed by atoms with Crippen LogP contribution in [0.5, 0.6) is 0 Å². The molecule has 0 saturated heterocycles. The molecule has 1 heterocycles. The molecule has 0 unspecified atom stereocenters. The average Bonchev–Trinajstić information content (AvgIpc) is 2.76. The van der Waals surface area contributed by atoms with Crippen LogP contribution in [0.1, 0.15) is 29.5 Å². The summed E-state index contributed by atoms with van der Waals surface area (Å²) in [4.78, 5) is 2.38. The average molecular weight is 230 g/mol. The molecule has 1 aliphatic rings. The Kier molecular flexibility index (Phi) is 4.35. The summed E-state index contributed by atoms with van der Waals surface area (Å²) < 4.78 is 0. The van der Waals surface area contributed by atoms with E-state index in [0.717, 1.165) is 32.6 Å². The third-order valence-corrected chi connectivity index (χ3v) is 3.30. The van der Waals surface area contributed by atoms with Crippen molar-refractivity contribution in [3.8, 4) is 0 Å². The van der Waals surface area contributed by atoms with Crippen LogP contribution in [0.25, 0.3) is 0 Å². The predicted molar refractivity (Wildman–Crippen MR) is 72.8 cm³/mol. The zero-order valence-corrected chi connectivity index (χ0v) is 10.7. The lowest BCUT2D eigenvalue weighted by Crippen LogP contribution is -2.19. The molecule has 17 heavy (non-hydrogen) atoms. The number of fused-ring (bicyclic) bond motifs is 1. The van der Waals surface area contributed by atoms with E-state index >= 15 is 0 Å². The minimum absolute atomic E-state index is 1.03. The van der Waals surface area contributed by atoms with Gasteiger partial charge in [0.25, 0.3) is 0 Å². The molecule has 0 amide bonds. The van der Waals surface area contributed by atoms with Gasteiger partial charge >= 0.3 is 0 Å². The van der Waals surface area contributed by atoms with Gasteiger partial charge in [-0.15, -0.1) is 6.58 Å². The second-order valence-corrected chi connectivity index (χ2v) is 4.88. The minimum Gasteiger partial charge on any atom is -0.309 e. The number of benzene rings is 1. The molecule has 0 spiro atoms. The van der Waals surface area contributed by atoms with Gasteiger partial charge in [0.1, 0.15) is 0 Å². The highest BCUT2D eigenvalue weighted by Crippen LogP contribution is 2.17. The van der Waals surface area contributed by atoms with Gasteiger partial charge in [0, 0.05) is 19.6 Å². The number of nitrogens with one attached hydrogen (secondary N) is 1. The first kappa shape index (κ1) is 12.3. The quantitative estimate of drug-likeness (QED) is 0.597. The third-order valence-electron chi connectivity index (χ3n) is 3.30. The fourth-order valence-corrected chi connectivity index (χ4v) is 2.34. The van der Waals surface area contributed by atoms with E-state index in [9.17, 15) is 0 Å². The molecule has 1 aromatic rings. The minimum atomic E-state index is 1.03. The first-order chi connectivity index (χ1) is 8.29. The SMILES string of the molecule is C=CCCCN(C)Cc1ccc2c(c1)CNC2. The lowest BCUT2D eigenvalue weighted by atomic mass is 10.1. The molecule has 2 heteroatoms. The van der Waals surface area contributed by atoms with E-state index < -0.39 is 0 Å². The molecule has 0 radical (unpaired) electrons. The van der Waals surface area contributed by atoms with E-state index in [1.165, 1.54) is 23.1 Å². The molecule has 0 fully saturated rings. The van der Waals surface area contributed by atoms with Crippen LogP contribution in [0.3, 0.4) is 0 Å². The van der Waals surface area contributed by atoms with E-state index in [1.54, 1.807) is 0 Å². The summed E-state index contributed by atoms with van der Waals surface area (Å²) in [6, 6.07) is 6.87. The number of allylic oxidation sites excluding steroid dienone is 1. The maximum atomic E-state index is 3.76. The van der Waals surface area contributed by atoms with Crippen molar-refractivity contribution in [2.75, 3.05) is 13.6 Å². The van der Waals surface area contributed by atoms with E-state index in [4.69, 9.17) is 0 Å². The monoisotopic (exact) mass is 230 g/mol. The summed E-state index contributed by atoms with van der Waals surface area (Å²) in [6.45, 7) is 8.01. The number of hydrogen-bond acceptors (Lipinski definition) is 2. The lowest BCUT2D eigenvalue weighted by molar-refractivity contribution is 0.323. The highest BCUT2D eigenvalue weighted by molar-refractivity contribution is 5.34. The smallest absolute Gasteiger partial charge is 0.0230 e. The zero-order chi connectivity index (χ0) is 12.1. The molecular weight excluding hydrogens is 208 g/mol. The molecule has 1 aromatic carbocycles. The van der Waals surface area contributed by atoms with Crippen LogP contribution >= 0.6 is 0 Å². The van der Waals surface area contributed by atoms with Crippen LogP contribution in [0, 0.1) is 0 Å². The van der Waals surface area contributed by atoms with Gasteiger partial charge in [0.05, 0.1) is 0 Å². The zero-order valence-electron chi connectivity index (χ0n) is 10.7. The van der Waals surface area contributed by atoms with Crippen LogP contribution < -0.4 is 5.32 Å². The summed E-state index contributed by atoms with van der Waals surface area (Å²) in [5.74, 6) is 0. The highest BCUT2D eigenvalue weighted by Gasteiger charge is 2.10. The van der Waals surface area contributed by atoms with Gasteiger partial charge < -0.3 is 10.2 Å². The first-order valence-electron chi connectivity index (χ1n) is 6.40. The Balaban J connectivity index is 1.88. The van der Waals surface area contributed by atoms with Crippen molar-refractivity contribution in [3.63, 3.8) is 0 Å². The maximum absolute atomic E-state index is 3.76. The largest absolute Gasteiger partial charge is 0.309 e. The standard InChI is InChI=1S/C15H22N2/c1-3-4-5-8-17(2)12-13-6-7-14-10-16-11-15(14)9-13/h3,6-7,9,16H,1,4-5,8,10-12H2,2H3. The molecule has 0 aromatic heterocycles. The van der Waals surface area contributed by atoms with Gasteiger partial charge in [-0.1, -0.05) is 24.3 Å². The molecule has 0 bridgehead atoms. The van der Waals surface area contributed by atoms with Gasteiger partial charge in [-0.05, 0) is 43.1 Å². The molecule has 1 N–H and O–H groups in total. The lowest BCUT2D eigenvalue weighted by Gasteiger charge is -2.16. The van der Waals surface area contributed by atoms with E-state index in [2.05, 4.69) is 42.0 Å². The van der Waals surface area contributed by atoms with Crippen molar-refractivity contribution in [1.29, 1.82) is 0 Å². The van der Waals surface area contributed by atoms with Crippen molar-refractivity contribution in [2.45, 2.75) is 32.5 Å². The topological polar surface area (TPSA) is 15.3 Å². The summed E-state index contributed by atoms with van der Waals surface area (Å²) in [7, 11) is 2.19. The molecule has 1 aliphatic heterocycles. The summed E-state index contributed by atoms with van der Waals surface area (Å²) >= 11 is 0. The normalized spacial score (nSPS) is 14.0. The molecule has 0 atom stereocenters. The van der Waals surface area contributed by atoms with Gasteiger partial charge in [-0.3, -0.25) is 0 Å². The van der Waals surface area contributed by atoms with Crippen molar-refractivity contribution in [2.24, 2.45) is 0 Å².